The van der Waals surface area contributed by atoms with Crippen LogP contribution in [0.25, 0.3) is 16.5 Å². The second kappa shape index (κ2) is 6.72. The van der Waals surface area contributed by atoms with Gasteiger partial charge in [-0.1, -0.05) is 11.6 Å². The van der Waals surface area contributed by atoms with Gasteiger partial charge in [0, 0.05) is 12.0 Å². The molecule has 26 heavy (non-hydrogen) atoms. The number of fused-ring (bicyclic) bond motifs is 3. The van der Waals surface area contributed by atoms with Crippen molar-refractivity contribution in [1.29, 1.82) is 0 Å². The first kappa shape index (κ1) is 17.6. The average molecular weight is 364 g/mol. The second-order valence-corrected chi connectivity index (χ2v) is 7.31. The van der Waals surface area contributed by atoms with Crippen molar-refractivity contribution in [2.75, 3.05) is 6.61 Å². The number of aromatic nitrogens is 2. The lowest BCUT2D eigenvalue weighted by molar-refractivity contribution is -0.127. The molecule has 0 radical (unpaired) electrons. The third-order valence-corrected chi connectivity index (χ3v) is 5.57. The van der Waals surface area contributed by atoms with E-state index in [4.69, 9.17) is 4.74 Å². The van der Waals surface area contributed by atoms with Crippen LogP contribution in [0, 0.1) is 0 Å². The van der Waals surface area contributed by atoms with Crippen LogP contribution in [0.3, 0.4) is 0 Å². The summed E-state index contributed by atoms with van der Waals surface area (Å²) in [6.07, 6.45) is 2.01. The molecule has 2 aromatic rings. The highest BCUT2D eigenvalue weighted by Gasteiger charge is 2.31. The molecule has 1 atom stereocenters. The van der Waals surface area contributed by atoms with Gasteiger partial charge in [0.05, 0.1) is 18.1 Å². The molecule has 1 unspecified atom stereocenters. The molecular weight excluding hydrogens is 341 g/mol. The summed E-state index contributed by atoms with van der Waals surface area (Å²) >= 11 is 0. The summed E-state index contributed by atoms with van der Waals surface area (Å²) in [6.45, 7) is 2.57. The highest BCUT2D eigenvalue weighted by Crippen LogP contribution is 2.39. The van der Waals surface area contributed by atoms with Crippen LogP contribution in [0.5, 0.6) is 0 Å². The lowest BCUT2D eigenvalue weighted by Crippen LogP contribution is -2.18. The van der Waals surface area contributed by atoms with Crippen LogP contribution < -0.4 is 0 Å². The zero-order valence-corrected chi connectivity index (χ0v) is 14.9. The summed E-state index contributed by atoms with van der Waals surface area (Å²) in [5.41, 5.74) is 4.37. The van der Waals surface area contributed by atoms with Crippen LogP contribution in [0.2, 0.25) is 0 Å². The third kappa shape index (κ3) is 3.27. The molecule has 1 aromatic carbocycles. The van der Waals surface area contributed by atoms with Crippen LogP contribution >= 0.6 is 0 Å². The molecule has 4 rings (SSSR count). The molecule has 0 saturated carbocycles. The molecule has 1 fully saturated rings. The molecule has 140 valence electrons. The number of ether oxygens (including phenoxy) is 1. The number of hydrogen-bond donors (Lipinski definition) is 0. The monoisotopic (exact) mass is 364 g/mol. The lowest BCUT2D eigenvalue weighted by Gasteiger charge is -2.23. The topological polar surface area (TPSA) is 27.1 Å². The third-order valence-electron chi connectivity index (χ3n) is 5.57. The predicted molar refractivity (Wildman–Crippen MR) is 94.8 cm³/mol. The van der Waals surface area contributed by atoms with E-state index < -0.39 is 12.6 Å². The Morgan fingerprint density at radius 3 is 2.77 bits per heavy atom. The number of benzene rings is 1. The fourth-order valence-corrected chi connectivity index (χ4v) is 4.26. The van der Waals surface area contributed by atoms with Gasteiger partial charge in [0.2, 0.25) is 0 Å². The van der Waals surface area contributed by atoms with Gasteiger partial charge in [-0.3, -0.25) is 0 Å². The first-order valence-electron chi connectivity index (χ1n) is 9.30. The smallest absolute Gasteiger partial charge is 0.356 e. The highest BCUT2D eigenvalue weighted by molar-refractivity contribution is 5.88. The first-order chi connectivity index (χ1) is 12.4. The van der Waals surface area contributed by atoms with Gasteiger partial charge >= 0.3 is 6.18 Å². The van der Waals surface area contributed by atoms with Gasteiger partial charge < -0.3 is 4.74 Å². The molecule has 1 aliphatic heterocycles. The standard InChI is InChI=1S/C20H23F3N2O/c1-13-14(11-20(21,22)23)5-4-6-16-15(13)8-9-18-17(16)12-24-25(18)19-7-2-3-10-26-19/h8-9,12,19H,2-7,10-11H2,1H3. The van der Waals surface area contributed by atoms with E-state index in [9.17, 15) is 13.2 Å². The molecule has 1 aliphatic carbocycles. The van der Waals surface area contributed by atoms with Gasteiger partial charge in [-0.05, 0) is 68.2 Å². The van der Waals surface area contributed by atoms with Gasteiger partial charge in [-0.25, -0.2) is 4.68 Å². The van der Waals surface area contributed by atoms with Gasteiger partial charge in [-0.15, -0.1) is 0 Å². The number of allylic oxidation sites excluding steroid dienone is 2. The minimum Gasteiger partial charge on any atom is -0.356 e. The Hall–Kier alpha value is -1.82. The van der Waals surface area contributed by atoms with Crippen molar-refractivity contribution in [3.05, 3.63) is 35.0 Å². The maximum atomic E-state index is 12.9. The molecule has 2 heterocycles. The van der Waals surface area contributed by atoms with Gasteiger partial charge in [0.1, 0.15) is 0 Å². The second-order valence-electron chi connectivity index (χ2n) is 7.31. The summed E-state index contributed by atoms with van der Waals surface area (Å²) in [5, 5.41) is 5.60. The molecule has 6 heteroatoms. The number of hydrogen-bond acceptors (Lipinski definition) is 2. The molecular formula is C20H23F3N2O. The van der Waals surface area contributed by atoms with Crippen molar-refractivity contribution < 1.29 is 17.9 Å². The van der Waals surface area contributed by atoms with Crippen LogP contribution in [0.15, 0.2) is 23.9 Å². The molecule has 0 spiro atoms. The maximum absolute atomic E-state index is 12.9. The maximum Gasteiger partial charge on any atom is 0.392 e. The van der Waals surface area contributed by atoms with Gasteiger partial charge in [0.25, 0.3) is 0 Å². The van der Waals surface area contributed by atoms with E-state index in [0.717, 1.165) is 66.3 Å². The van der Waals surface area contributed by atoms with E-state index in [2.05, 4.69) is 5.10 Å². The number of halogens is 3. The number of aryl methyl sites for hydroxylation is 1. The molecule has 0 amide bonds. The highest BCUT2D eigenvalue weighted by atomic mass is 19.4. The molecule has 0 N–H and O–H groups in total. The zero-order valence-electron chi connectivity index (χ0n) is 14.9. The fourth-order valence-electron chi connectivity index (χ4n) is 4.26. The van der Waals surface area contributed by atoms with Crippen molar-refractivity contribution >= 4 is 16.5 Å². The van der Waals surface area contributed by atoms with E-state index in [1.54, 1.807) is 0 Å². The largest absolute Gasteiger partial charge is 0.392 e. The van der Waals surface area contributed by atoms with E-state index in [0.29, 0.717) is 12.0 Å². The molecule has 1 saturated heterocycles. The van der Waals surface area contributed by atoms with Crippen molar-refractivity contribution in [1.82, 2.24) is 9.78 Å². The zero-order chi connectivity index (χ0) is 18.3. The number of nitrogens with zero attached hydrogens (tertiary/aromatic N) is 2. The summed E-state index contributed by atoms with van der Waals surface area (Å²) in [5.74, 6) is 0. The van der Waals surface area contributed by atoms with E-state index in [-0.39, 0.29) is 6.23 Å². The summed E-state index contributed by atoms with van der Waals surface area (Å²) < 4.78 is 46.6. The fraction of sp³-hybridized carbons (Fsp3) is 0.550. The molecule has 2 aliphatic rings. The summed E-state index contributed by atoms with van der Waals surface area (Å²) in [6, 6.07) is 3.95. The normalized spacial score (nSPS) is 21.8. The Morgan fingerprint density at radius 2 is 2.04 bits per heavy atom. The Kier molecular flexibility index (Phi) is 4.55. The van der Waals surface area contributed by atoms with Crippen molar-refractivity contribution in [2.24, 2.45) is 0 Å². The summed E-state index contributed by atoms with van der Waals surface area (Å²) in [4.78, 5) is 0. The Bertz CT molecular complexity index is 845. The lowest BCUT2D eigenvalue weighted by atomic mass is 9.94. The molecule has 0 bridgehead atoms. The first-order valence-corrected chi connectivity index (χ1v) is 9.30. The number of rotatable bonds is 2. The van der Waals surface area contributed by atoms with Crippen LogP contribution in [0.1, 0.15) is 62.8 Å². The predicted octanol–water partition coefficient (Wildman–Crippen LogP) is 5.80. The van der Waals surface area contributed by atoms with E-state index in [1.807, 2.05) is 29.9 Å². The van der Waals surface area contributed by atoms with Crippen LogP contribution in [-0.4, -0.2) is 22.6 Å². The quantitative estimate of drug-likeness (QED) is 0.674. The SMILES string of the molecule is CC1=C(CC(F)(F)F)CCCc2c1ccc1c2cnn1C1CCCCO1. The minimum absolute atomic E-state index is 0.0393. The minimum atomic E-state index is -4.16. The van der Waals surface area contributed by atoms with E-state index >= 15 is 0 Å². The van der Waals surface area contributed by atoms with Crippen LogP contribution in [0.4, 0.5) is 13.2 Å². The molecule has 1 aromatic heterocycles. The Balaban J connectivity index is 1.77. The van der Waals surface area contributed by atoms with Crippen molar-refractivity contribution in [3.8, 4) is 0 Å². The molecule has 3 nitrogen and oxygen atoms in total. The Labute approximate surface area is 150 Å². The Morgan fingerprint density at radius 1 is 1.19 bits per heavy atom. The van der Waals surface area contributed by atoms with Crippen molar-refractivity contribution in [2.45, 2.75) is 64.3 Å². The van der Waals surface area contributed by atoms with Gasteiger partial charge in [-0.2, -0.15) is 18.3 Å². The van der Waals surface area contributed by atoms with Crippen molar-refractivity contribution in [3.63, 3.8) is 0 Å². The number of alkyl halides is 3. The average Bonchev–Trinajstić information content (AvgIpc) is 2.98. The van der Waals surface area contributed by atoms with E-state index in [1.165, 1.54) is 0 Å². The van der Waals surface area contributed by atoms with Crippen LogP contribution in [-0.2, 0) is 11.2 Å². The summed E-state index contributed by atoms with van der Waals surface area (Å²) in [7, 11) is 0. The van der Waals surface area contributed by atoms with Gasteiger partial charge in [0.15, 0.2) is 6.23 Å².